The molecule has 25 heavy (non-hydrogen) atoms. The zero-order valence-electron chi connectivity index (χ0n) is 14.1. The number of nitrogens with zero attached hydrogens (tertiary/aromatic N) is 2. The Kier molecular flexibility index (Phi) is 4.52. The van der Waals surface area contributed by atoms with Crippen molar-refractivity contribution in [3.05, 3.63) is 81.4 Å². The first-order valence-corrected chi connectivity index (χ1v) is 8.00. The third-order valence-corrected chi connectivity index (χ3v) is 4.45. The molecular weight excluding hydrogens is 318 g/mol. The number of carbonyl (C=O) groups excluding carboxylic acids is 1. The van der Waals surface area contributed by atoms with Crippen molar-refractivity contribution < 1.29 is 9.72 Å². The van der Waals surface area contributed by atoms with E-state index in [4.69, 9.17) is 0 Å². The van der Waals surface area contributed by atoms with Gasteiger partial charge in [-0.25, -0.2) is 0 Å². The Bertz CT molecular complexity index is 846. The molecule has 1 aliphatic rings. The normalized spacial score (nSPS) is 17.1. The van der Waals surface area contributed by atoms with E-state index in [0.717, 1.165) is 11.1 Å². The highest BCUT2D eigenvalue weighted by Gasteiger charge is 2.34. The van der Waals surface area contributed by atoms with E-state index in [2.05, 4.69) is 5.32 Å². The molecule has 6 nitrogen and oxygen atoms in total. The number of hydrogen-bond acceptors (Lipinski definition) is 4. The summed E-state index contributed by atoms with van der Waals surface area (Å²) in [4.78, 5) is 24.9. The molecule has 0 aliphatic carbocycles. The first kappa shape index (κ1) is 16.7. The number of non-ortho nitro benzene ring substituents is 1. The third kappa shape index (κ3) is 3.38. The van der Waals surface area contributed by atoms with Crippen LogP contribution in [0.4, 0.5) is 11.4 Å². The van der Waals surface area contributed by atoms with Gasteiger partial charge in [0, 0.05) is 29.9 Å². The van der Waals surface area contributed by atoms with E-state index in [-0.39, 0.29) is 17.8 Å². The monoisotopic (exact) mass is 337 g/mol. The summed E-state index contributed by atoms with van der Waals surface area (Å²) in [6, 6.07) is 16.1. The first-order chi connectivity index (χ1) is 12.0. The summed E-state index contributed by atoms with van der Waals surface area (Å²) in [5.74, 6) is -0.0238. The maximum atomic E-state index is 12.6. The van der Waals surface area contributed by atoms with Crippen molar-refractivity contribution in [1.29, 1.82) is 0 Å². The van der Waals surface area contributed by atoms with E-state index >= 15 is 0 Å². The predicted molar refractivity (Wildman–Crippen MR) is 95.9 cm³/mol. The summed E-state index contributed by atoms with van der Waals surface area (Å²) in [7, 11) is 0. The maximum absolute atomic E-state index is 12.6. The second-order valence-electron chi connectivity index (χ2n) is 6.08. The lowest BCUT2D eigenvalue weighted by Gasteiger charge is -2.28. The van der Waals surface area contributed by atoms with Crippen LogP contribution in [0.3, 0.4) is 0 Å². The molecule has 128 valence electrons. The Morgan fingerprint density at radius 2 is 1.84 bits per heavy atom. The summed E-state index contributed by atoms with van der Waals surface area (Å²) in [6.07, 6.45) is -0.324. The van der Waals surface area contributed by atoms with E-state index in [9.17, 15) is 14.9 Å². The highest BCUT2D eigenvalue weighted by atomic mass is 16.6. The fraction of sp³-hybridized carbons (Fsp3) is 0.211. The first-order valence-electron chi connectivity index (χ1n) is 8.00. The summed E-state index contributed by atoms with van der Waals surface area (Å²) in [6.45, 7) is 4.19. The molecule has 0 saturated carbocycles. The van der Waals surface area contributed by atoms with Gasteiger partial charge in [0.25, 0.3) is 11.6 Å². The Morgan fingerprint density at radius 1 is 1.12 bits per heavy atom. The molecule has 3 rings (SSSR count). The average molecular weight is 337 g/mol. The molecule has 0 bridgehead atoms. The van der Waals surface area contributed by atoms with Crippen molar-refractivity contribution in [1.82, 2.24) is 4.90 Å². The minimum Gasteiger partial charge on any atom is -0.361 e. The molecule has 0 spiro atoms. The molecular formula is C19H19N3O3. The van der Waals surface area contributed by atoms with Crippen molar-refractivity contribution in [3.8, 4) is 0 Å². The molecule has 0 aromatic heterocycles. The van der Waals surface area contributed by atoms with Gasteiger partial charge < -0.3 is 10.2 Å². The fourth-order valence-corrected chi connectivity index (χ4v) is 2.94. The van der Waals surface area contributed by atoms with Gasteiger partial charge in [0.05, 0.1) is 4.92 Å². The Morgan fingerprint density at radius 3 is 2.52 bits per heavy atom. The number of anilines is 1. The fourth-order valence-electron chi connectivity index (χ4n) is 2.94. The molecule has 2 aromatic carbocycles. The van der Waals surface area contributed by atoms with Crippen LogP contribution in [0.25, 0.3) is 0 Å². The summed E-state index contributed by atoms with van der Waals surface area (Å²) >= 11 is 0. The lowest BCUT2D eigenvalue weighted by Crippen LogP contribution is -2.40. The molecule has 1 N–H and O–H groups in total. The standard InChI is InChI=1S/C19H19N3O3/c1-13-14(2)19(23)21(12-15-7-4-3-5-8-15)18(13)20-16-9-6-10-17(11-16)22(24)25/h3-11,18,20H,12H2,1-2H3. The van der Waals surface area contributed by atoms with Crippen LogP contribution >= 0.6 is 0 Å². The smallest absolute Gasteiger partial charge is 0.271 e. The van der Waals surface area contributed by atoms with Crippen LogP contribution in [0.15, 0.2) is 65.7 Å². The van der Waals surface area contributed by atoms with Gasteiger partial charge in [0.15, 0.2) is 0 Å². The van der Waals surface area contributed by atoms with Gasteiger partial charge >= 0.3 is 0 Å². The average Bonchev–Trinajstić information content (AvgIpc) is 2.81. The van der Waals surface area contributed by atoms with E-state index in [0.29, 0.717) is 17.8 Å². The number of amides is 1. The Labute approximate surface area is 145 Å². The number of carbonyl (C=O) groups is 1. The Balaban J connectivity index is 1.87. The quantitative estimate of drug-likeness (QED) is 0.666. The predicted octanol–water partition coefficient (Wildman–Crippen LogP) is 3.71. The van der Waals surface area contributed by atoms with E-state index in [1.807, 2.05) is 44.2 Å². The van der Waals surface area contributed by atoms with Crippen LogP contribution in [0.2, 0.25) is 0 Å². The second kappa shape index (κ2) is 6.76. The van der Waals surface area contributed by atoms with Crippen molar-refractivity contribution in [2.75, 3.05) is 5.32 Å². The molecule has 1 heterocycles. The number of nitrogens with one attached hydrogen (secondary N) is 1. The van der Waals surface area contributed by atoms with Crippen molar-refractivity contribution in [2.45, 2.75) is 26.6 Å². The van der Waals surface area contributed by atoms with E-state index in [1.165, 1.54) is 12.1 Å². The molecule has 1 atom stereocenters. The van der Waals surface area contributed by atoms with Gasteiger partial charge in [-0.3, -0.25) is 14.9 Å². The minimum atomic E-state index is -0.430. The molecule has 0 radical (unpaired) electrons. The molecule has 1 aliphatic heterocycles. The van der Waals surface area contributed by atoms with Crippen LogP contribution < -0.4 is 5.32 Å². The summed E-state index contributed by atoms with van der Waals surface area (Å²) in [5.41, 5.74) is 3.29. The lowest BCUT2D eigenvalue weighted by molar-refractivity contribution is -0.384. The number of nitro benzene ring substituents is 1. The lowest BCUT2D eigenvalue weighted by atomic mass is 10.1. The SMILES string of the molecule is CC1=C(C)C(Nc2cccc([N+](=O)[O-])c2)N(Cc2ccccc2)C1=O. The van der Waals surface area contributed by atoms with Crippen LogP contribution in [0.1, 0.15) is 19.4 Å². The maximum Gasteiger partial charge on any atom is 0.271 e. The van der Waals surface area contributed by atoms with Crippen LogP contribution in [-0.4, -0.2) is 21.9 Å². The van der Waals surface area contributed by atoms with Gasteiger partial charge in [-0.2, -0.15) is 0 Å². The van der Waals surface area contributed by atoms with E-state index < -0.39 is 4.92 Å². The molecule has 0 fully saturated rings. The minimum absolute atomic E-state index is 0.0160. The number of rotatable bonds is 5. The van der Waals surface area contributed by atoms with E-state index in [1.54, 1.807) is 17.0 Å². The highest BCUT2D eigenvalue weighted by molar-refractivity contribution is 5.97. The van der Waals surface area contributed by atoms with Crippen LogP contribution in [0, 0.1) is 10.1 Å². The molecule has 2 aromatic rings. The molecule has 6 heteroatoms. The summed E-state index contributed by atoms with van der Waals surface area (Å²) in [5, 5.41) is 14.2. The van der Waals surface area contributed by atoms with Crippen molar-refractivity contribution in [2.24, 2.45) is 0 Å². The third-order valence-electron chi connectivity index (χ3n) is 4.45. The largest absolute Gasteiger partial charge is 0.361 e. The van der Waals surface area contributed by atoms with Gasteiger partial charge in [-0.05, 0) is 31.1 Å². The number of benzene rings is 2. The highest BCUT2D eigenvalue weighted by Crippen LogP contribution is 2.29. The topological polar surface area (TPSA) is 75.5 Å². The second-order valence-corrected chi connectivity index (χ2v) is 6.08. The molecule has 1 amide bonds. The van der Waals surface area contributed by atoms with Crippen LogP contribution in [0.5, 0.6) is 0 Å². The zero-order chi connectivity index (χ0) is 18.0. The van der Waals surface area contributed by atoms with Gasteiger partial charge in [-0.15, -0.1) is 0 Å². The molecule has 1 unspecified atom stereocenters. The van der Waals surface area contributed by atoms with Gasteiger partial charge in [-0.1, -0.05) is 36.4 Å². The zero-order valence-corrected chi connectivity index (χ0v) is 14.1. The molecule has 0 saturated heterocycles. The van der Waals surface area contributed by atoms with Gasteiger partial charge in [0.1, 0.15) is 6.17 Å². The number of hydrogen-bond donors (Lipinski definition) is 1. The van der Waals surface area contributed by atoms with Crippen molar-refractivity contribution >= 4 is 17.3 Å². The van der Waals surface area contributed by atoms with Crippen molar-refractivity contribution in [3.63, 3.8) is 0 Å². The summed E-state index contributed by atoms with van der Waals surface area (Å²) < 4.78 is 0. The number of nitro groups is 1. The van der Waals surface area contributed by atoms with Crippen LogP contribution in [-0.2, 0) is 11.3 Å². The van der Waals surface area contributed by atoms with Gasteiger partial charge in [0.2, 0.25) is 0 Å². The Hall–Kier alpha value is -3.15.